The molecule has 0 aromatic rings. The standard InChI is InChI=1S/C17H34O2/c1-16(2,3)13-11-9-7-8-10-12-15(18)14-19-17(4,5)6/h7-14H2,1-6H3. The maximum Gasteiger partial charge on any atom is 0.158 e. The van der Waals surface area contributed by atoms with E-state index in [4.69, 9.17) is 4.74 Å². The molecule has 19 heavy (non-hydrogen) atoms. The number of unbranched alkanes of at least 4 members (excludes halogenated alkanes) is 4. The van der Waals surface area contributed by atoms with Crippen LogP contribution in [0, 0.1) is 5.41 Å². The normalized spacial score (nSPS) is 12.7. The third-order valence-electron chi connectivity index (χ3n) is 3.05. The molecule has 2 heteroatoms. The fourth-order valence-electron chi connectivity index (χ4n) is 1.88. The van der Waals surface area contributed by atoms with Crippen LogP contribution in [-0.4, -0.2) is 18.0 Å². The third-order valence-corrected chi connectivity index (χ3v) is 3.05. The molecule has 0 fully saturated rings. The van der Waals surface area contributed by atoms with E-state index in [1.807, 2.05) is 20.8 Å². The predicted molar refractivity (Wildman–Crippen MR) is 82.5 cm³/mol. The van der Waals surface area contributed by atoms with Crippen LogP contribution < -0.4 is 0 Å². The van der Waals surface area contributed by atoms with E-state index in [0.29, 0.717) is 11.8 Å². The number of carbonyl (C=O) groups is 1. The van der Waals surface area contributed by atoms with Gasteiger partial charge in [0, 0.05) is 6.42 Å². The van der Waals surface area contributed by atoms with Crippen LogP contribution in [0.5, 0.6) is 0 Å². The minimum absolute atomic E-state index is 0.206. The summed E-state index contributed by atoms with van der Waals surface area (Å²) in [5.74, 6) is 0.240. The maximum absolute atomic E-state index is 11.6. The van der Waals surface area contributed by atoms with Crippen LogP contribution in [-0.2, 0) is 9.53 Å². The molecular weight excluding hydrogens is 236 g/mol. The molecular formula is C17H34O2. The SMILES string of the molecule is CC(C)(C)CCCCCCCC(=O)COC(C)(C)C. The first-order valence-corrected chi connectivity index (χ1v) is 7.76. The van der Waals surface area contributed by atoms with Gasteiger partial charge in [-0.15, -0.1) is 0 Å². The zero-order valence-electron chi connectivity index (χ0n) is 14.0. The highest BCUT2D eigenvalue weighted by Crippen LogP contribution is 2.22. The molecule has 0 saturated heterocycles. The van der Waals surface area contributed by atoms with Gasteiger partial charge in [-0.25, -0.2) is 0 Å². The first-order valence-electron chi connectivity index (χ1n) is 7.76. The van der Waals surface area contributed by atoms with E-state index in [2.05, 4.69) is 20.8 Å². The Morgan fingerprint density at radius 2 is 1.37 bits per heavy atom. The molecule has 0 spiro atoms. The Hall–Kier alpha value is -0.370. The summed E-state index contributed by atoms with van der Waals surface area (Å²) in [6, 6.07) is 0. The van der Waals surface area contributed by atoms with E-state index in [-0.39, 0.29) is 18.0 Å². The second-order valence-electron chi connectivity index (χ2n) is 7.77. The summed E-state index contributed by atoms with van der Waals surface area (Å²) in [6.45, 7) is 13.1. The number of rotatable bonds is 9. The molecule has 0 saturated carbocycles. The van der Waals surface area contributed by atoms with Crippen molar-refractivity contribution in [2.75, 3.05) is 6.61 Å². The Kier molecular flexibility index (Phi) is 8.56. The van der Waals surface area contributed by atoms with Gasteiger partial charge in [-0.1, -0.05) is 46.5 Å². The summed E-state index contributed by atoms with van der Waals surface area (Å²) < 4.78 is 5.47. The van der Waals surface area contributed by atoms with Crippen molar-refractivity contribution in [3.8, 4) is 0 Å². The van der Waals surface area contributed by atoms with Crippen molar-refractivity contribution in [2.24, 2.45) is 5.41 Å². The quantitative estimate of drug-likeness (QED) is 0.542. The predicted octanol–water partition coefficient (Wildman–Crippen LogP) is 5.15. The lowest BCUT2D eigenvalue weighted by molar-refractivity contribution is -0.128. The number of carbonyl (C=O) groups excluding carboxylic acids is 1. The highest BCUT2D eigenvalue weighted by Gasteiger charge is 2.12. The summed E-state index contributed by atoms with van der Waals surface area (Å²) in [4.78, 5) is 11.6. The molecule has 0 heterocycles. The number of hydrogen-bond donors (Lipinski definition) is 0. The average molecular weight is 270 g/mol. The molecule has 0 amide bonds. The van der Waals surface area contributed by atoms with Gasteiger partial charge < -0.3 is 4.74 Å². The second-order valence-corrected chi connectivity index (χ2v) is 7.77. The van der Waals surface area contributed by atoms with Gasteiger partial charge in [-0.05, 0) is 39.0 Å². The molecule has 0 aliphatic rings. The lowest BCUT2D eigenvalue weighted by Gasteiger charge is -2.18. The molecule has 0 aromatic carbocycles. The lowest BCUT2D eigenvalue weighted by Crippen LogP contribution is -2.23. The van der Waals surface area contributed by atoms with Crippen molar-refractivity contribution in [1.82, 2.24) is 0 Å². The number of hydrogen-bond acceptors (Lipinski definition) is 2. The Balaban J connectivity index is 3.37. The molecule has 2 nitrogen and oxygen atoms in total. The fourth-order valence-corrected chi connectivity index (χ4v) is 1.88. The van der Waals surface area contributed by atoms with E-state index in [9.17, 15) is 4.79 Å². The minimum atomic E-state index is -0.206. The Morgan fingerprint density at radius 1 is 0.842 bits per heavy atom. The van der Waals surface area contributed by atoms with Crippen LogP contribution in [0.1, 0.15) is 86.5 Å². The summed E-state index contributed by atoms with van der Waals surface area (Å²) >= 11 is 0. The molecule has 0 aliphatic carbocycles. The summed E-state index contributed by atoms with van der Waals surface area (Å²) in [5.41, 5.74) is 0.253. The first-order chi connectivity index (χ1) is 8.60. The van der Waals surface area contributed by atoms with Gasteiger partial charge in [0.25, 0.3) is 0 Å². The van der Waals surface area contributed by atoms with Crippen LogP contribution in [0.25, 0.3) is 0 Å². The van der Waals surface area contributed by atoms with Crippen molar-refractivity contribution in [3.63, 3.8) is 0 Å². The highest BCUT2D eigenvalue weighted by molar-refractivity contribution is 5.79. The minimum Gasteiger partial charge on any atom is -0.368 e. The number of Topliss-reactive ketones (excluding diaryl/α,β-unsaturated/α-hetero) is 1. The molecule has 0 aliphatic heterocycles. The van der Waals surface area contributed by atoms with E-state index in [0.717, 1.165) is 6.42 Å². The molecule has 0 bridgehead atoms. The monoisotopic (exact) mass is 270 g/mol. The van der Waals surface area contributed by atoms with Crippen LogP contribution in [0.3, 0.4) is 0 Å². The van der Waals surface area contributed by atoms with Gasteiger partial charge in [0.05, 0.1) is 5.60 Å². The summed E-state index contributed by atoms with van der Waals surface area (Å²) in [7, 11) is 0. The van der Waals surface area contributed by atoms with Crippen molar-refractivity contribution in [1.29, 1.82) is 0 Å². The van der Waals surface area contributed by atoms with Gasteiger partial charge in [-0.3, -0.25) is 4.79 Å². The highest BCUT2D eigenvalue weighted by atomic mass is 16.5. The number of ether oxygens (including phenoxy) is 1. The Morgan fingerprint density at radius 3 is 1.89 bits per heavy atom. The average Bonchev–Trinajstić information content (AvgIpc) is 2.22. The van der Waals surface area contributed by atoms with Gasteiger partial charge in [0.15, 0.2) is 5.78 Å². The van der Waals surface area contributed by atoms with Gasteiger partial charge in [0.2, 0.25) is 0 Å². The molecule has 0 aromatic heterocycles. The molecule has 114 valence electrons. The van der Waals surface area contributed by atoms with Crippen LogP contribution in [0.15, 0.2) is 0 Å². The summed E-state index contributed by atoms with van der Waals surface area (Å²) in [5, 5.41) is 0. The van der Waals surface area contributed by atoms with Crippen LogP contribution in [0.4, 0.5) is 0 Å². The van der Waals surface area contributed by atoms with Crippen molar-refractivity contribution in [2.45, 2.75) is 92.1 Å². The summed E-state index contributed by atoms with van der Waals surface area (Å²) in [6.07, 6.45) is 8.02. The van der Waals surface area contributed by atoms with Crippen molar-refractivity contribution >= 4 is 5.78 Å². The maximum atomic E-state index is 11.6. The van der Waals surface area contributed by atoms with E-state index < -0.39 is 0 Å². The van der Waals surface area contributed by atoms with Crippen molar-refractivity contribution in [3.05, 3.63) is 0 Å². The zero-order chi connectivity index (χ0) is 14.9. The van der Waals surface area contributed by atoms with E-state index in [1.165, 1.54) is 32.1 Å². The molecule has 0 unspecified atom stereocenters. The molecule has 0 N–H and O–H groups in total. The zero-order valence-corrected chi connectivity index (χ0v) is 14.0. The van der Waals surface area contributed by atoms with Crippen LogP contribution >= 0.6 is 0 Å². The van der Waals surface area contributed by atoms with Gasteiger partial charge in [0.1, 0.15) is 6.61 Å². The Bertz CT molecular complexity index is 243. The topological polar surface area (TPSA) is 26.3 Å². The van der Waals surface area contributed by atoms with Crippen molar-refractivity contribution < 1.29 is 9.53 Å². The first kappa shape index (κ1) is 18.6. The largest absolute Gasteiger partial charge is 0.368 e. The lowest BCUT2D eigenvalue weighted by atomic mass is 9.89. The number of ketones is 1. The fraction of sp³-hybridized carbons (Fsp3) is 0.941. The molecule has 0 atom stereocenters. The Labute approximate surface area is 120 Å². The molecule has 0 radical (unpaired) electrons. The molecule has 0 rings (SSSR count). The third kappa shape index (κ3) is 15.6. The van der Waals surface area contributed by atoms with Gasteiger partial charge >= 0.3 is 0 Å². The smallest absolute Gasteiger partial charge is 0.158 e. The second kappa shape index (κ2) is 8.73. The van der Waals surface area contributed by atoms with Crippen LogP contribution in [0.2, 0.25) is 0 Å². The van der Waals surface area contributed by atoms with Gasteiger partial charge in [-0.2, -0.15) is 0 Å². The van der Waals surface area contributed by atoms with E-state index in [1.54, 1.807) is 0 Å². The van der Waals surface area contributed by atoms with E-state index >= 15 is 0 Å².